The molecule has 1 aromatic rings. The van der Waals surface area contributed by atoms with Crippen LogP contribution in [0.25, 0.3) is 0 Å². The molecule has 1 fully saturated rings. The van der Waals surface area contributed by atoms with Crippen LogP contribution in [-0.2, 0) is 14.3 Å². The predicted molar refractivity (Wildman–Crippen MR) is 85.3 cm³/mol. The number of hydrogen-bond donors (Lipinski definition) is 0. The van der Waals surface area contributed by atoms with Gasteiger partial charge in [-0.05, 0) is 63.6 Å². The Morgan fingerprint density at radius 1 is 1.27 bits per heavy atom. The summed E-state index contributed by atoms with van der Waals surface area (Å²) in [6, 6.07) is 3.99. The molecule has 2 atom stereocenters. The van der Waals surface area contributed by atoms with Gasteiger partial charge in [-0.3, -0.25) is 0 Å². The Hall–Kier alpha value is -1.39. The smallest absolute Gasteiger partial charge is 0.340 e. The second-order valence-corrected chi connectivity index (χ2v) is 6.04. The zero-order chi connectivity index (χ0) is 16.1. The van der Waals surface area contributed by atoms with E-state index in [-0.39, 0.29) is 12.1 Å². The van der Waals surface area contributed by atoms with Crippen LogP contribution in [0.4, 0.5) is 0 Å². The molecule has 0 saturated carbocycles. The van der Waals surface area contributed by atoms with Crippen LogP contribution in [0.15, 0.2) is 12.1 Å². The van der Waals surface area contributed by atoms with E-state index in [1.807, 2.05) is 32.9 Å². The summed E-state index contributed by atoms with van der Waals surface area (Å²) in [5.74, 6) is 0.293. The normalized spacial score (nSPS) is 19.7. The van der Waals surface area contributed by atoms with Gasteiger partial charge < -0.3 is 14.2 Å². The molecule has 0 bridgehead atoms. The Labute approximate surface area is 132 Å². The van der Waals surface area contributed by atoms with Crippen molar-refractivity contribution in [2.75, 3.05) is 13.2 Å². The minimum absolute atomic E-state index is 0.103. The van der Waals surface area contributed by atoms with Gasteiger partial charge in [0.1, 0.15) is 5.75 Å². The number of esters is 1. The molecule has 122 valence electrons. The maximum Gasteiger partial charge on any atom is 0.340 e. The third kappa shape index (κ3) is 4.31. The first-order chi connectivity index (χ1) is 10.5. The van der Waals surface area contributed by atoms with Gasteiger partial charge in [-0.15, -0.1) is 0 Å². The van der Waals surface area contributed by atoms with Crippen LogP contribution >= 0.6 is 0 Å². The number of carbonyl (C=O) groups excluding carboxylic acids is 1. The third-order valence-electron chi connectivity index (χ3n) is 4.21. The fourth-order valence-corrected chi connectivity index (χ4v) is 2.52. The van der Waals surface area contributed by atoms with Crippen LogP contribution in [0.1, 0.15) is 42.9 Å². The minimum atomic E-state index is -0.593. The van der Waals surface area contributed by atoms with Crippen molar-refractivity contribution in [3.63, 3.8) is 0 Å². The molecule has 0 N–H and O–H groups in total. The lowest BCUT2D eigenvalue weighted by Gasteiger charge is -2.24. The summed E-state index contributed by atoms with van der Waals surface area (Å²) in [6.07, 6.45) is 2.78. The zero-order valence-electron chi connectivity index (χ0n) is 14.0. The van der Waals surface area contributed by atoms with E-state index in [1.54, 1.807) is 6.92 Å². The summed E-state index contributed by atoms with van der Waals surface area (Å²) in [6.45, 7) is 8.87. The van der Waals surface area contributed by atoms with E-state index in [0.29, 0.717) is 12.4 Å². The highest BCUT2D eigenvalue weighted by Crippen LogP contribution is 2.26. The first-order valence-electron chi connectivity index (χ1n) is 8.00. The second kappa shape index (κ2) is 7.75. The predicted octanol–water partition coefficient (Wildman–Crippen LogP) is 3.49. The molecule has 22 heavy (non-hydrogen) atoms. The van der Waals surface area contributed by atoms with E-state index >= 15 is 0 Å². The van der Waals surface area contributed by atoms with Gasteiger partial charge in [-0.25, -0.2) is 4.79 Å². The van der Waals surface area contributed by atoms with Crippen LogP contribution in [0.3, 0.4) is 0 Å². The lowest BCUT2D eigenvalue weighted by atomic mass is 10.1. The van der Waals surface area contributed by atoms with Crippen LogP contribution in [0.2, 0.25) is 0 Å². The molecule has 4 nitrogen and oxygen atoms in total. The van der Waals surface area contributed by atoms with E-state index in [2.05, 4.69) is 0 Å². The molecule has 1 saturated heterocycles. The fraction of sp³-hybridized carbons (Fsp3) is 0.611. The van der Waals surface area contributed by atoms with E-state index in [1.165, 1.54) is 0 Å². The van der Waals surface area contributed by atoms with Gasteiger partial charge >= 0.3 is 5.97 Å². The lowest BCUT2D eigenvalue weighted by molar-refractivity contribution is -0.149. The number of carbonyl (C=O) groups is 1. The van der Waals surface area contributed by atoms with Gasteiger partial charge in [-0.1, -0.05) is 12.1 Å². The van der Waals surface area contributed by atoms with Crippen molar-refractivity contribution in [2.45, 2.75) is 59.2 Å². The first kappa shape index (κ1) is 17.0. The molecule has 1 aliphatic heterocycles. The SMILES string of the molecule is Cc1ccc(C)c(OC(=O)C(C)OCC2CCCCO2)c1C. The zero-order valence-corrected chi connectivity index (χ0v) is 14.0. The lowest BCUT2D eigenvalue weighted by Crippen LogP contribution is -2.32. The molecule has 2 unspecified atom stereocenters. The molecule has 2 rings (SSSR count). The van der Waals surface area contributed by atoms with Gasteiger partial charge in [0, 0.05) is 6.61 Å². The Balaban J connectivity index is 1.90. The molecular formula is C18H26O4. The van der Waals surface area contributed by atoms with Crippen molar-refractivity contribution in [2.24, 2.45) is 0 Å². The number of ether oxygens (including phenoxy) is 3. The number of hydrogen-bond acceptors (Lipinski definition) is 4. The maximum absolute atomic E-state index is 12.2. The largest absolute Gasteiger partial charge is 0.424 e. The summed E-state index contributed by atoms with van der Waals surface area (Å²) in [4.78, 5) is 12.2. The Bertz CT molecular complexity index is 518. The molecule has 0 amide bonds. The second-order valence-electron chi connectivity index (χ2n) is 6.04. The Morgan fingerprint density at radius 3 is 2.68 bits per heavy atom. The first-order valence-corrected chi connectivity index (χ1v) is 8.00. The third-order valence-corrected chi connectivity index (χ3v) is 4.21. The van der Waals surface area contributed by atoms with Crippen LogP contribution in [-0.4, -0.2) is 31.4 Å². The topological polar surface area (TPSA) is 44.8 Å². The molecule has 0 aliphatic carbocycles. The van der Waals surface area contributed by atoms with Crippen LogP contribution in [0.5, 0.6) is 5.75 Å². The summed E-state index contributed by atoms with van der Waals surface area (Å²) in [7, 11) is 0. The summed E-state index contributed by atoms with van der Waals surface area (Å²) in [5, 5.41) is 0. The van der Waals surface area contributed by atoms with Crippen molar-refractivity contribution < 1.29 is 19.0 Å². The molecule has 1 aliphatic rings. The van der Waals surface area contributed by atoms with E-state index in [0.717, 1.165) is 42.6 Å². The molecule has 1 aromatic carbocycles. The fourth-order valence-electron chi connectivity index (χ4n) is 2.52. The monoisotopic (exact) mass is 306 g/mol. The Morgan fingerprint density at radius 2 is 2.00 bits per heavy atom. The summed E-state index contributed by atoms with van der Waals surface area (Å²) >= 11 is 0. The van der Waals surface area contributed by atoms with Crippen molar-refractivity contribution in [3.8, 4) is 5.75 Å². The highest BCUT2D eigenvalue weighted by Gasteiger charge is 2.21. The van der Waals surface area contributed by atoms with Crippen molar-refractivity contribution in [1.29, 1.82) is 0 Å². The quantitative estimate of drug-likeness (QED) is 0.617. The van der Waals surface area contributed by atoms with Crippen molar-refractivity contribution >= 4 is 5.97 Å². The number of aryl methyl sites for hydroxylation is 2. The summed E-state index contributed by atoms with van der Waals surface area (Å²) in [5.41, 5.74) is 3.06. The Kier molecular flexibility index (Phi) is 5.98. The summed E-state index contributed by atoms with van der Waals surface area (Å²) < 4.78 is 16.8. The average molecular weight is 306 g/mol. The molecular weight excluding hydrogens is 280 g/mol. The number of rotatable bonds is 5. The van der Waals surface area contributed by atoms with Gasteiger partial charge in [0.05, 0.1) is 12.7 Å². The van der Waals surface area contributed by atoms with Gasteiger partial charge in [-0.2, -0.15) is 0 Å². The van der Waals surface area contributed by atoms with Gasteiger partial charge in [0.2, 0.25) is 0 Å². The average Bonchev–Trinajstić information content (AvgIpc) is 2.53. The highest BCUT2D eigenvalue weighted by atomic mass is 16.6. The van der Waals surface area contributed by atoms with E-state index in [9.17, 15) is 4.79 Å². The molecule has 0 spiro atoms. The van der Waals surface area contributed by atoms with Crippen molar-refractivity contribution in [1.82, 2.24) is 0 Å². The van der Waals surface area contributed by atoms with Gasteiger partial charge in [0.15, 0.2) is 6.10 Å². The molecule has 0 aromatic heterocycles. The molecule has 1 heterocycles. The van der Waals surface area contributed by atoms with Gasteiger partial charge in [0.25, 0.3) is 0 Å². The highest BCUT2D eigenvalue weighted by molar-refractivity contribution is 5.77. The van der Waals surface area contributed by atoms with E-state index < -0.39 is 6.10 Å². The standard InChI is InChI=1S/C18H26O4/c1-12-8-9-13(2)17(14(12)3)22-18(19)15(4)21-11-16-7-5-6-10-20-16/h8-9,15-16H,5-7,10-11H2,1-4H3. The maximum atomic E-state index is 12.2. The molecule has 4 heteroatoms. The molecule has 0 radical (unpaired) electrons. The van der Waals surface area contributed by atoms with Crippen molar-refractivity contribution in [3.05, 3.63) is 28.8 Å². The van der Waals surface area contributed by atoms with Crippen LogP contribution in [0, 0.1) is 20.8 Å². The number of benzene rings is 1. The van der Waals surface area contributed by atoms with E-state index in [4.69, 9.17) is 14.2 Å². The van der Waals surface area contributed by atoms with Crippen LogP contribution < -0.4 is 4.74 Å². The minimum Gasteiger partial charge on any atom is -0.424 e.